The van der Waals surface area contributed by atoms with Gasteiger partial charge in [0.05, 0.1) is 11.1 Å². The molecule has 0 radical (unpaired) electrons. The van der Waals surface area contributed by atoms with Gasteiger partial charge in [-0.2, -0.15) is 5.10 Å². The lowest BCUT2D eigenvalue weighted by atomic mass is 10.2. The fraction of sp³-hybridized carbons (Fsp3) is 0.143. The molecule has 1 aromatic carbocycles. The van der Waals surface area contributed by atoms with Crippen LogP contribution in [0.25, 0.3) is 0 Å². The summed E-state index contributed by atoms with van der Waals surface area (Å²) in [6, 6.07) is 6.84. The zero-order valence-electron chi connectivity index (χ0n) is 12.6. The van der Waals surface area contributed by atoms with Crippen LogP contribution in [-0.2, 0) is 0 Å². The number of thioether (sulfide) groups is 1. The Kier molecular flexibility index (Phi) is 5.79. The lowest BCUT2D eigenvalue weighted by molar-refractivity contribution is -0.384. The predicted octanol–water partition coefficient (Wildman–Crippen LogP) is 1.55. The fourth-order valence-electron chi connectivity index (χ4n) is 1.70. The zero-order chi connectivity index (χ0) is 17.5. The Morgan fingerprint density at radius 1 is 1.50 bits per heavy atom. The molecule has 1 amide bonds. The molecule has 0 atom stereocenters. The average molecular weight is 347 g/mol. The minimum atomic E-state index is -0.652. The third kappa shape index (κ3) is 4.74. The first-order chi connectivity index (χ1) is 11.5. The van der Waals surface area contributed by atoms with E-state index in [1.165, 1.54) is 36.2 Å². The Hall–Kier alpha value is -3.01. The Morgan fingerprint density at radius 3 is 3.00 bits per heavy atom. The van der Waals surface area contributed by atoms with E-state index in [1.54, 1.807) is 6.07 Å². The van der Waals surface area contributed by atoms with Gasteiger partial charge in [-0.1, -0.05) is 30.8 Å². The highest BCUT2D eigenvalue weighted by Crippen LogP contribution is 2.11. The summed E-state index contributed by atoms with van der Waals surface area (Å²) in [4.78, 5) is 40.2. The smallest absolute Gasteiger partial charge is 0.290 e. The van der Waals surface area contributed by atoms with E-state index < -0.39 is 16.4 Å². The lowest BCUT2D eigenvalue weighted by Gasteiger charge is -2.01. The summed E-state index contributed by atoms with van der Waals surface area (Å²) >= 11 is 1.30. The predicted molar refractivity (Wildman–Crippen MR) is 89.4 cm³/mol. The van der Waals surface area contributed by atoms with Crippen molar-refractivity contribution in [1.82, 2.24) is 15.4 Å². The first-order valence-electron chi connectivity index (χ1n) is 6.81. The van der Waals surface area contributed by atoms with Crippen LogP contribution in [0.3, 0.4) is 0 Å². The average Bonchev–Trinajstić information content (AvgIpc) is 2.54. The van der Waals surface area contributed by atoms with E-state index in [1.807, 2.05) is 6.92 Å². The standard InChI is InChI=1S/C14H13N5O4S/c1-2-24-14-16-11(7-12(20)17-14)13(21)18-15-8-9-4-3-5-10(6-9)19(22)23/h3-8H,2H2,1H3,(H,18,21)(H,16,17,20)/b15-8+. The maximum atomic E-state index is 12.0. The number of rotatable bonds is 6. The van der Waals surface area contributed by atoms with E-state index in [4.69, 9.17) is 0 Å². The van der Waals surface area contributed by atoms with E-state index in [-0.39, 0.29) is 11.4 Å². The molecule has 1 heterocycles. The van der Waals surface area contributed by atoms with Gasteiger partial charge in [0.2, 0.25) is 0 Å². The molecule has 0 saturated heterocycles. The van der Waals surface area contributed by atoms with E-state index in [0.29, 0.717) is 16.5 Å². The van der Waals surface area contributed by atoms with Crippen molar-refractivity contribution < 1.29 is 9.72 Å². The molecule has 0 aliphatic rings. The Morgan fingerprint density at radius 2 is 2.29 bits per heavy atom. The number of nitro benzene ring substituents is 1. The number of carbonyl (C=O) groups excluding carboxylic acids is 1. The molecule has 9 nitrogen and oxygen atoms in total. The van der Waals surface area contributed by atoms with Crippen molar-refractivity contribution in [3.8, 4) is 0 Å². The summed E-state index contributed by atoms with van der Waals surface area (Å²) in [7, 11) is 0. The van der Waals surface area contributed by atoms with Crippen molar-refractivity contribution in [2.45, 2.75) is 12.1 Å². The molecule has 2 rings (SSSR count). The van der Waals surface area contributed by atoms with Crippen molar-refractivity contribution in [2.75, 3.05) is 5.75 Å². The van der Waals surface area contributed by atoms with Crippen molar-refractivity contribution in [3.63, 3.8) is 0 Å². The van der Waals surface area contributed by atoms with Gasteiger partial charge in [0.25, 0.3) is 17.2 Å². The van der Waals surface area contributed by atoms with Crippen molar-refractivity contribution in [1.29, 1.82) is 0 Å². The number of amides is 1. The van der Waals surface area contributed by atoms with E-state index >= 15 is 0 Å². The van der Waals surface area contributed by atoms with Crippen LogP contribution >= 0.6 is 11.8 Å². The first-order valence-corrected chi connectivity index (χ1v) is 7.80. The van der Waals surface area contributed by atoms with Gasteiger partial charge < -0.3 is 4.98 Å². The van der Waals surface area contributed by atoms with Crippen LogP contribution in [0.1, 0.15) is 23.0 Å². The zero-order valence-corrected chi connectivity index (χ0v) is 13.4. The van der Waals surface area contributed by atoms with Crippen LogP contribution in [0.2, 0.25) is 0 Å². The normalized spacial score (nSPS) is 10.7. The van der Waals surface area contributed by atoms with Gasteiger partial charge >= 0.3 is 0 Å². The molecule has 0 saturated carbocycles. The van der Waals surface area contributed by atoms with Crippen LogP contribution in [0.4, 0.5) is 5.69 Å². The summed E-state index contributed by atoms with van der Waals surface area (Å²) in [5.74, 6) is 0.0413. The summed E-state index contributed by atoms with van der Waals surface area (Å²) in [5, 5.41) is 14.7. The molecule has 2 aromatic rings. The van der Waals surface area contributed by atoms with Gasteiger partial charge in [-0.15, -0.1) is 0 Å². The highest BCUT2D eigenvalue weighted by molar-refractivity contribution is 7.99. The molecule has 1 aromatic heterocycles. The number of hydrazone groups is 1. The second-order valence-electron chi connectivity index (χ2n) is 4.42. The quantitative estimate of drug-likeness (QED) is 0.268. The van der Waals surface area contributed by atoms with Gasteiger partial charge in [0, 0.05) is 23.8 Å². The number of aromatic nitrogens is 2. The highest BCUT2D eigenvalue weighted by Gasteiger charge is 2.09. The van der Waals surface area contributed by atoms with Crippen molar-refractivity contribution in [3.05, 3.63) is 62.1 Å². The van der Waals surface area contributed by atoms with Crippen molar-refractivity contribution >= 4 is 29.6 Å². The topological polar surface area (TPSA) is 130 Å². The Labute approximate surface area is 140 Å². The number of hydrogen-bond donors (Lipinski definition) is 2. The van der Waals surface area contributed by atoms with E-state index in [9.17, 15) is 19.7 Å². The van der Waals surface area contributed by atoms with Crippen LogP contribution in [-0.4, -0.2) is 32.8 Å². The molecule has 0 aliphatic heterocycles. The minimum Gasteiger partial charge on any atom is -0.301 e. The molecule has 24 heavy (non-hydrogen) atoms. The number of hydrogen-bond acceptors (Lipinski definition) is 7. The molecule has 0 unspecified atom stereocenters. The third-order valence-electron chi connectivity index (χ3n) is 2.69. The Bertz CT molecular complexity index is 849. The molecule has 0 bridgehead atoms. The van der Waals surface area contributed by atoms with Gasteiger partial charge in [-0.05, 0) is 5.75 Å². The number of carbonyl (C=O) groups is 1. The summed E-state index contributed by atoms with van der Waals surface area (Å²) in [6.45, 7) is 1.89. The first kappa shape index (κ1) is 17.3. The molecular formula is C14H13N5O4S. The van der Waals surface area contributed by atoms with Crippen LogP contribution in [0.15, 0.2) is 45.4 Å². The maximum Gasteiger partial charge on any atom is 0.290 e. The van der Waals surface area contributed by atoms with Crippen LogP contribution in [0.5, 0.6) is 0 Å². The van der Waals surface area contributed by atoms with E-state index in [2.05, 4.69) is 20.5 Å². The van der Waals surface area contributed by atoms with Gasteiger partial charge in [0.1, 0.15) is 5.69 Å². The Balaban J connectivity index is 2.09. The van der Waals surface area contributed by atoms with Crippen LogP contribution in [0, 0.1) is 10.1 Å². The molecule has 10 heteroatoms. The minimum absolute atomic E-state index is 0.0640. The molecule has 124 valence electrons. The summed E-state index contributed by atoms with van der Waals surface area (Å²) < 4.78 is 0. The highest BCUT2D eigenvalue weighted by atomic mass is 32.2. The van der Waals surface area contributed by atoms with Gasteiger partial charge in [0.15, 0.2) is 5.16 Å². The molecule has 0 fully saturated rings. The number of nitrogens with one attached hydrogen (secondary N) is 2. The van der Waals surface area contributed by atoms with Gasteiger partial charge in [-0.25, -0.2) is 10.4 Å². The molecule has 0 aliphatic carbocycles. The number of non-ortho nitro benzene ring substituents is 1. The monoisotopic (exact) mass is 347 g/mol. The second kappa shape index (κ2) is 8.02. The summed E-state index contributed by atoms with van der Waals surface area (Å²) in [6.07, 6.45) is 1.26. The van der Waals surface area contributed by atoms with Crippen molar-refractivity contribution in [2.24, 2.45) is 5.10 Å². The SMILES string of the molecule is CCSc1nc(C(=O)N/N=C/c2cccc([N+](=O)[O-])c2)cc(=O)[nH]1. The molecular weight excluding hydrogens is 334 g/mol. The molecule has 0 spiro atoms. The second-order valence-corrected chi connectivity index (χ2v) is 5.67. The number of H-pyrrole nitrogens is 1. The number of nitro groups is 1. The van der Waals surface area contributed by atoms with E-state index in [0.717, 1.165) is 6.07 Å². The lowest BCUT2D eigenvalue weighted by Crippen LogP contribution is -2.22. The summed E-state index contributed by atoms with van der Waals surface area (Å²) in [5.41, 5.74) is 2.10. The number of aromatic amines is 1. The third-order valence-corrected chi connectivity index (χ3v) is 3.45. The number of benzene rings is 1. The molecule has 2 N–H and O–H groups in total. The largest absolute Gasteiger partial charge is 0.301 e. The van der Waals surface area contributed by atoms with Gasteiger partial charge in [-0.3, -0.25) is 19.7 Å². The maximum absolute atomic E-state index is 12.0. The number of nitrogens with zero attached hydrogens (tertiary/aromatic N) is 3. The fourth-order valence-corrected chi connectivity index (χ4v) is 2.31. The van der Waals surface area contributed by atoms with Crippen LogP contribution < -0.4 is 11.0 Å².